The van der Waals surface area contributed by atoms with E-state index in [1.807, 2.05) is 6.92 Å². The van der Waals surface area contributed by atoms with Gasteiger partial charge in [-0.25, -0.2) is 0 Å². The molecule has 0 aromatic carbocycles. The van der Waals surface area contributed by atoms with E-state index in [9.17, 15) is 9.90 Å². The third kappa shape index (κ3) is 2.37. The van der Waals surface area contributed by atoms with E-state index in [1.165, 1.54) is 38.6 Å². The van der Waals surface area contributed by atoms with Crippen molar-refractivity contribution in [3.8, 4) is 0 Å². The van der Waals surface area contributed by atoms with E-state index in [-0.39, 0.29) is 0 Å². The van der Waals surface area contributed by atoms with Crippen molar-refractivity contribution in [1.82, 2.24) is 10.2 Å². The average Bonchev–Trinajstić information content (AvgIpc) is 3.05. The third-order valence-corrected chi connectivity index (χ3v) is 5.92. The molecule has 3 fully saturated rings. The van der Waals surface area contributed by atoms with Gasteiger partial charge in [-0.2, -0.15) is 0 Å². The number of aliphatic carboxylic acids is 1. The molecular weight excluding hydrogens is 252 g/mol. The standard InChI is InChI=1S/C16H28N2O2/c1-2-17-16(15(19)20)9-8-13(11-16)18-10-4-6-12-5-3-7-14(12)18/h12-14,17H,2-11H2,1H3,(H,19,20). The molecule has 4 nitrogen and oxygen atoms in total. The van der Waals surface area contributed by atoms with Crippen molar-refractivity contribution >= 4 is 5.97 Å². The second-order valence-electron chi connectivity index (χ2n) is 6.95. The van der Waals surface area contributed by atoms with Crippen LogP contribution in [0, 0.1) is 5.92 Å². The monoisotopic (exact) mass is 280 g/mol. The third-order valence-electron chi connectivity index (χ3n) is 5.92. The number of carboxylic acid groups (broad SMARTS) is 1. The van der Waals surface area contributed by atoms with Gasteiger partial charge in [0.25, 0.3) is 0 Å². The predicted octanol–water partition coefficient (Wildman–Crippen LogP) is 2.24. The van der Waals surface area contributed by atoms with E-state index in [0.717, 1.165) is 37.8 Å². The topological polar surface area (TPSA) is 52.6 Å². The molecule has 1 aliphatic heterocycles. The molecule has 2 aliphatic carbocycles. The number of likely N-dealkylation sites (tertiary alicyclic amines) is 1. The summed E-state index contributed by atoms with van der Waals surface area (Å²) in [6.07, 6.45) is 9.42. The molecule has 3 rings (SSSR count). The zero-order valence-corrected chi connectivity index (χ0v) is 12.6. The maximum atomic E-state index is 11.7. The molecule has 0 aromatic rings. The van der Waals surface area contributed by atoms with Crippen molar-refractivity contribution in [2.75, 3.05) is 13.1 Å². The zero-order valence-electron chi connectivity index (χ0n) is 12.6. The van der Waals surface area contributed by atoms with E-state index in [0.29, 0.717) is 6.04 Å². The van der Waals surface area contributed by atoms with E-state index < -0.39 is 11.5 Å². The highest BCUT2D eigenvalue weighted by molar-refractivity contribution is 5.79. The Kier molecular flexibility index (Phi) is 4.04. The van der Waals surface area contributed by atoms with Gasteiger partial charge in [-0.05, 0) is 64.0 Å². The summed E-state index contributed by atoms with van der Waals surface area (Å²) in [5.41, 5.74) is -0.662. The Morgan fingerprint density at radius 1 is 1.30 bits per heavy atom. The summed E-state index contributed by atoms with van der Waals surface area (Å²) in [5.74, 6) is 0.240. The summed E-state index contributed by atoms with van der Waals surface area (Å²) < 4.78 is 0. The van der Waals surface area contributed by atoms with Crippen LogP contribution < -0.4 is 5.32 Å². The number of fused-ring (bicyclic) bond motifs is 1. The Labute approximate surface area is 121 Å². The average molecular weight is 280 g/mol. The largest absolute Gasteiger partial charge is 0.480 e. The number of carboxylic acids is 1. The molecule has 4 unspecified atom stereocenters. The first-order chi connectivity index (χ1) is 9.66. The number of likely N-dealkylation sites (N-methyl/N-ethyl adjacent to an activating group) is 1. The van der Waals surface area contributed by atoms with Gasteiger partial charge >= 0.3 is 5.97 Å². The molecule has 0 aromatic heterocycles. The van der Waals surface area contributed by atoms with E-state index in [4.69, 9.17) is 0 Å². The summed E-state index contributed by atoms with van der Waals surface area (Å²) in [4.78, 5) is 14.4. The molecule has 4 atom stereocenters. The van der Waals surface area contributed by atoms with Crippen LogP contribution >= 0.6 is 0 Å². The lowest BCUT2D eigenvalue weighted by molar-refractivity contribution is -0.144. The van der Waals surface area contributed by atoms with E-state index in [1.54, 1.807) is 0 Å². The van der Waals surface area contributed by atoms with Gasteiger partial charge in [0.1, 0.15) is 5.54 Å². The van der Waals surface area contributed by atoms with E-state index in [2.05, 4.69) is 10.2 Å². The number of hydrogen-bond donors (Lipinski definition) is 2. The van der Waals surface area contributed by atoms with Crippen molar-refractivity contribution < 1.29 is 9.90 Å². The summed E-state index contributed by atoms with van der Waals surface area (Å²) in [6, 6.07) is 1.23. The van der Waals surface area contributed by atoms with Crippen LogP contribution in [0.5, 0.6) is 0 Å². The van der Waals surface area contributed by atoms with Gasteiger partial charge < -0.3 is 10.4 Å². The molecule has 1 heterocycles. The lowest BCUT2D eigenvalue weighted by atomic mass is 9.89. The summed E-state index contributed by atoms with van der Waals surface area (Å²) in [5, 5.41) is 12.9. The fourth-order valence-corrected chi connectivity index (χ4v) is 5.02. The fourth-order valence-electron chi connectivity index (χ4n) is 5.02. The number of rotatable bonds is 4. The molecule has 20 heavy (non-hydrogen) atoms. The number of hydrogen-bond acceptors (Lipinski definition) is 3. The van der Waals surface area contributed by atoms with Crippen molar-refractivity contribution in [3.05, 3.63) is 0 Å². The van der Waals surface area contributed by atoms with Crippen LogP contribution in [0.1, 0.15) is 58.3 Å². The highest BCUT2D eigenvalue weighted by atomic mass is 16.4. The highest BCUT2D eigenvalue weighted by Gasteiger charge is 2.49. The molecule has 2 N–H and O–H groups in total. The molecule has 4 heteroatoms. The van der Waals surface area contributed by atoms with Crippen molar-refractivity contribution in [3.63, 3.8) is 0 Å². The number of piperidine rings is 1. The summed E-state index contributed by atoms with van der Waals surface area (Å²) in [6.45, 7) is 3.94. The molecule has 0 spiro atoms. The first-order valence-electron chi connectivity index (χ1n) is 8.40. The summed E-state index contributed by atoms with van der Waals surface area (Å²) in [7, 11) is 0. The Hall–Kier alpha value is -0.610. The van der Waals surface area contributed by atoms with Crippen LogP contribution in [0.25, 0.3) is 0 Å². The Balaban J connectivity index is 1.71. The van der Waals surface area contributed by atoms with Crippen molar-refractivity contribution in [2.24, 2.45) is 5.92 Å². The zero-order chi connectivity index (χ0) is 14.2. The summed E-state index contributed by atoms with van der Waals surface area (Å²) >= 11 is 0. The molecule has 0 bridgehead atoms. The molecule has 114 valence electrons. The lowest BCUT2D eigenvalue weighted by Gasteiger charge is -2.42. The predicted molar refractivity (Wildman–Crippen MR) is 78.8 cm³/mol. The maximum Gasteiger partial charge on any atom is 0.323 e. The smallest absolute Gasteiger partial charge is 0.323 e. The van der Waals surface area contributed by atoms with Gasteiger partial charge in [0, 0.05) is 12.1 Å². The number of nitrogens with one attached hydrogen (secondary N) is 1. The van der Waals surface area contributed by atoms with Gasteiger partial charge in [0.2, 0.25) is 0 Å². The molecule has 1 saturated heterocycles. The molecule has 0 amide bonds. The van der Waals surface area contributed by atoms with Crippen LogP contribution in [0.3, 0.4) is 0 Å². The first-order valence-corrected chi connectivity index (χ1v) is 8.40. The molecular formula is C16H28N2O2. The van der Waals surface area contributed by atoms with Crippen LogP contribution in [-0.4, -0.2) is 46.7 Å². The molecule has 0 radical (unpaired) electrons. The van der Waals surface area contributed by atoms with Crippen LogP contribution in [-0.2, 0) is 4.79 Å². The van der Waals surface area contributed by atoms with Gasteiger partial charge in [-0.1, -0.05) is 13.3 Å². The van der Waals surface area contributed by atoms with Crippen LogP contribution in [0.2, 0.25) is 0 Å². The van der Waals surface area contributed by atoms with Gasteiger partial charge in [-0.3, -0.25) is 9.69 Å². The van der Waals surface area contributed by atoms with Crippen molar-refractivity contribution in [1.29, 1.82) is 0 Å². The molecule has 3 aliphatic rings. The van der Waals surface area contributed by atoms with E-state index >= 15 is 0 Å². The Morgan fingerprint density at radius 3 is 2.85 bits per heavy atom. The minimum atomic E-state index is -0.662. The van der Waals surface area contributed by atoms with Crippen LogP contribution in [0.15, 0.2) is 0 Å². The number of carbonyl (C=O) groups is 1. The second kappa shape index (κ2) is 5.64. The first kappa shape index (κ1) is 14.3. The van der Waals surface area contributed by atoms with Gasteiger partial charge in [-0.15, -0.1) is 0 Å². The fraction of sp³-hybridized carbons (Fsp3) is 0.938. The Bertz CT molecular complexity index is 373. The quantitative estimate of drug-likeness (QED) is 0.829. The van der Waals surface area contributed by atoms with Gasteiger partial charge in [0.05, 0.1) is 0 Å². The lowest BCUT2D eigenvalue weighted by Crippen LogP contribution is -2.53. The maximum absolute atomic E-state index is 11.7. The Morgan fingerprint density at radius 2 is 2.10 bits per heavy atom. The van der Waals surface area contributed by atoms with Crippen molar-refractivity contribution in [2.45, 2.75) is 75.9 Å². The SMILES string of the molecule is CCNC1(C(=O)O)CCC(N2CCCC3CCCC32)C1. The highest BCUT2D eigenvalue weighted by Crippen LogP contribution is 2.42. The second-order valence-corrected chi connectivity index (χ2v) is 6.95. The van der Waals surface area contributed by atoms with Crippen LogP contribution in [0.4, 0.5) is 0 Å². The minimum absolute atomic E-state index is 0.482. The number of nitrogens with zero attached hydrogens (tertiary/aromatic N) is 1. The molecule has 2 saturated carbocycles. The van der Waals surface area contributed by atoms with Gasteiger partial charge in [0.15, 0.2) is 0 Å². The minimum Gasteiger partial charge on any atom is -0.480 e. The normalized spacial score (nSPS) is 41.8.